The van der Waals surface area contributed by atoms with Gasteiger partial charge in [-0.3, -0.25) is 4.90 Å². The zero-order valence-corrected chi connectivity index (χ0v) is 10.4. The highest BCUT2D eigenvalue weighted by molar-refractivity contribution is 5.42. The van der Waals surface area contributed by atoms with Crippen molar-refractivity contribution in [2.24, 2.45) is 0 Å². The fourth-order valence-corrected chi connectivity index (χ4v) is 3.02. The SMILES string of the molecule is FC(F)(F)c1cccc2c1CC[C@H]2N1CC=CNC1. The van der Waals surface area contributed by atoms with Crippen LogP contribution in [0.4, 0.5) is 13.2 Å². The molecule has 3 rings (SSSR count). The topological polar surface area (TPSA) is 15.3 Å². The Labute approximate surface area is 109 Å². The van der Waals surface area contributed by atoms with Gasteiger partial charge in [0.1, 0.15) is 0 Å². The van der Waals surface area contributed by atoms with Crippen molar-refractivity contribution in [3.63, 3.8) is 0 Å². The van der Waals surface area contributed by atoms with Gasteiger partial charge in [-0.15, -0.1) is 0 Å². The fraction of sp³-hybridized carbons (Fsp3) is 0.429. The lowest BCUT2D eigenvalue weighted by Gasteiger charge is -2.30. The molecule has 0 amide bonds. The van der Waals surface area contributed by atoms with E-state index in [0.717, 1.165) is 18.5 Å². The maximum Gasteiger partial charge on any atom is 0.416 e. The lowest BCUT2D eigenvalue weighted by atomic mass is 10.0. The van der Waals surface area contributed by atoms with E-state index in [1.807, 2.05) is 18.3 Å². The Morgan fingerprint density at radius 3 is 2.79 bits per heavy atom. The molecule has 0 saturated carbocycles. The zero-order chi connectivity index (χ0) is 13.5. The Balaban J connectivity index is 1.95. The third-order valence-corrected chi connectivity index (χ3v) is 3.86. The summed E-state index contributed by atoms with van der Waals surface area (Å²) in [5, 5.41) is 3.11. The largest absolute Gasteiger partial charge is 0.416 e. The van der Waals surface area contributed by atoms with Crippen molar-refractivity contribution in [3.05, 3.63) is 47.2 Å². The van der Waals surface area contributed by atoms with Gasteiger partial charge in [-0.05, 0) is 36.2 Å². The molecular weight excluding hydrogens is 253 g/mol. The van der Waals surface area contributed by atoms with Gasteiger partial charge in [-0.1, -0.05) is 18.2 Å². The second-order valence-electron chi connectivity index (χ2n) is 4.96. The number of alkyl halides is 3. The summed E-state index contributed by atoms with van der Waals surface area (Å²) in [5.74, 6) is 0. The Morgan fingerprint density at radius 2 is 2.11 bits per heavy atom. The lowest BCUT2D eigenvalue weighted by molar-refractivity contribution is -0.138. The van der Waals surface area contributed by atoms with E-state index < -0.39 is 11.7 Å². The summed E-state index contributed by atoms with van der Waals surface area (Å²) < 4.78 is 38.9. The van der Waals surface area contributed by atoms with Crippen molar-refractivity contribution >= 4 is 0 Å². The van der Waals surface area contributed by atoms with Crippen molar-refractivity contribution in [2.45, 2.75) is 25.1 Å². The molecule has 0 saturated heterocycles. The highest BCUT2D eigenvalue weighted by atomic mass is 19.4. The first-order valence-corrected chi connectivity index (χ1v) is 6.39. The quantitative estimate of drug-likeness (QED) is 0.842. The van der Waals surface area contributed by atoms with Gasteiger partial charge >= 0.3 is 6.18 Å². The first-order valence-electron chi connectivity index (χ1n) is 6.39. The molecule has 1 aromatic rings. The normalized spacial score (nSPS) is 23.2. The second-order valence-corrected chi connectivity index (χ2v) is 4.96. The van der Waals surface area contributed by atoms with Gasteiger partial charge in [0, 0.05) is 12.6 Å². The summed E-state index contributed by atoms with van der Waals surface area (Å²) in [6, 6.07) is 4.64. The van der Waals surface area contributed by atoms with Gasteiger partial charge in [0.05, 0.1) is 12.2 Å². The van der Waals surface area contributed by atoms with E-state index in [1.54, 1.807) is 0 Å². The van der Waals surface area contributed by atoms with Crippen LogP contribution in [0, 0.1) is 0 Å². The molecule has 1 heterocycles. The Kier molecular flexibility index (Phi) is 3.01. The summed E-state index contributed by atoms with van der Waals surface area (Å²) in [4.78, 5) is 2.17. The molecule has 102 valence electrons. The van der Waals surface area contributed by atoms with Crippen LogP contribution in [0.15, 0.2) is 30.5 Å². The third-order valence-electron chi connectivity index (χ3n) is 3.86. The van der Waals surface area contributed by atoms with Gasteiger partial charge in [-0.25, -0.2) is 0 Å². The van der Waals surface area contributed by atoms with Crippen LogP contribution in [-0.2, 0) is 12.6 Å². The molecule has 1 N–H and O–H groups in total. The molecule has 19 heavy (non-hydrogen) atoms. The molecule has 0 bridgehead atoms. The average Bonchev–Trinajstić information content (AvgIpc) is 2.82. The van der Waals surface area contributed by atoms with Crippen molar-refractivity contribution in [1.29, 1.82) is 0 Å². The van der Waals surface area contributed by atoms with E-state index in [-0.39, 0.29) is 6.04 Å². The molecule has 0 spiro atoms. The van der Waals surface area contributed by atoms with E-state index >= 15 is 0 Å². The van der Waals surface area contributed by atoms with Crippen molar-refractivity contribution in [1.82, 2.24) is 10.2 Å². The van der Waals surface area contributed by atoms with Gasteiger partial charge < -0.3 is 5.32 Å². The fourth-order valence-electron chi connectivity index (χ4n) is 3.02. The zero-order valence-electron chi connectivity index (χ0n) is 10.4. The standard InChI is InChI=1S/C14H15F3N2/c15-14(16,17)12-4-1-3-11-10(12)5-6-13(11)19-8-2-7-18-9-19/h1-4,7,13,18H,5-6,8-9H2/t13-/m1/s1. The van der Waals surface area contributed by atoms with E-state index in [9.17, 15) is 13.2 Å². The van der Waals surface area contributed by atoms with E-state index in [2.05, 4.69) is 10.2 Å². The summed E-state index contributed by atoms with van der Waals surface area (Å²) in [6.45, 7) is 1.48. The molecule has 0 aromatic heterocycles. The minimum atomic E-state index is -4.25. The smallest absolute Gasteiger partial charge is 0.378 e. The van der Waals surface area contributed by atoms with Crippen molar-refractivity contribution in [3.8, 4) is 0 Å². The third kappa shape index (κ3) is 2.23. The molecule has 2 nitrogen and oxygen atoms in total. The first-order chi connectivity index (χ1) is 9.07. The summed E-state index contributed by atoms with van der Waals surface area (Å²) in [7, 11) is 0. The predicted octanol–water partition coefficient (Wildman–Crippen LogP) is 3.07. The molecule has 1 aliphatic heterocycles. The van der Waals surface area contributed by atoms with Crippen LogP contribution >= 0.6 is 0 Å². The maximum absolute atomic E-state index is 13.0. The minimum absolute atomic E-state index is 0.0924. The second kappa shape index (κ2) is 4.56. The van der Waals surface area contributed by atoms with E-state index in [4.69, 9.17) is 0 Å². The summed E-state index contributed by atoms with van der Waals surface area (Å²) in [6.07, 6.45) is 0.904. The Bertz CT molecular complexity index is 508. The van der Waals surface area contributed by atoms with Crippen molar-refractivity contribution in [2.75, 3.05) is 13.2 Å². The average molecular weight is 268 g/mol. The van der Waals surface area contributed by atoms with Gasteiger partial charge in [0.2, 0.25) is 0 Å². The Hall–Kier alpha value is -1.49. The minimum Gasteiger partial charge on any atom is -0.378 e. The van der Waals surface area contributed by atoms with Gasteiger partial charge in [0.15, 0.2) is 0 Å². The number of halogens is 3. The van der Waals surface area contributed by atoms with Crippen LogP contribution in [0.2, 0.25) is 0 Å². The van der Waals surface area contributed by atoms with Crippen molar-refractivity contribution < 1.29 is 13.2 Å². The molecule has 1 aliphatic carbocycles. The molecule has 0 fully saturated rings. The number of nitrogens with one attached hydrogen (secondary N) is 1. The summed E-state index contributed by atoms with van der Waals surface area (Å²) >= 11 is 0. The number of fused-ring (bicyclic) bond motifs is 1. The number of nitrogens with zero attached hydrogens (tertiary/aromatic N) is 1. The van der Waals surface area contributed by atoms with Crippen LogP contribution in [0.3, 0.4) is 0 Å². The first kappa shape index (κ1) is 12.5. The van der Waals surface area contributed by atoms with E-state index in [1.165, 1.54) is 12.1 Å². The highest BCUT2D eigenvalue weighted by Gasteiger charge is 2.38. The molecular formula is C14H15F3N2. The highest BCUT2D eigenvalue weighted by Crippen LogP contribution is 2.42. The van der Waals surface area contributed by atoms with E-state index in [0.29, 0.717) is 18.7 Å². The summed E-state index contributed by atoms with van der Waals surface area (Å²) in [5.41, 5.74) is 0.856. The molecule has 5 heteroatoms. The maximum atomic E-state index is 13.0. The number of hydrogen-bond donors (Lipinski definition) is 1. The lowest BCUT2D eigenvalue weighted by Crippen LogP contribution is -2.37. The van der Waals surface area contributed by atoms with Crippen LogP contribution in [-0.4, -0.2) is 18.1 Å². The number of rotatable bonds is 1. The van der Waals surface area contributed by atoms with Gasteiger partial charge in [-0.2, -0.15) is 13.2 Å². The monoisotopic (exact) mass is 268 g/mol. The number of benzene rings is 1. The number of hydrogen-bond acceptors (Lipinski definition) is 2. The van der Waals surface area contributed by atoms with Crippen LogP contribution < -0.4 is 5.32 Å². The molecule has 1 atom stereocenters. The van der Waals surface area contributed by atoms with Gasteiger partial charge in [0.25, 0.3) is 0 Å². The molecule has 0 radical (unpaired) electrons. The van der Waals surface area contributed by atoms with Crippen LogP contribution in [0.5, 0.6) is 0 Å². The molecule has 0 unspecified atom stereocenters. The van der Waals surface area contributed by atoms with Crippen LogP contribution in [0.1, 0.15) is 29.2 Å². The molecule has 1 aromatic carbocycles. The predicted molar refractivity (Wildman–Crippen MR) is 66.4 cm³/mol. The van der Waals surface area contributed by atoms with Crippen LogP contribution in [0.25, 0.3) is 0 Å². The Morgan fingerprint density at radius 1 is 1.26 bits per heavy atom. The molecule has 2 aliphatic rings.